The molecule has 0 radical (unpaired) electrons. The number of hydrogen-bond acceptors (Lipinski definition) is 4. The highest BCUT2D eigenvalue weighted by Crippen LogP contribution is 2.28. The maximum absolute atomic E-state index is 9.14. The van der Waals surface area contributed by atoms with Gasteiger partial charge in [-0.25, -0.2) is 14.6 Å². The molecule has 0 spiro atoms. The van der Waals surface area contributed by atoms with Gasteiger partial charge in [-0.15, -0.1) is 0 Å². The molecule has 2 aromatic heterocycles. The Morgan fingerprint density at radius 1 is 1.14 bits per heavy atom. The van der Waals surface area contributed by atoms with Crippen molar-refractivity contribution in [3.8, 4) is 11.4 Å². The number of nitrogen functional groups attached to an aromatic ring is 1. The van der Waals surface area contributed by atoms with E-state index in [1.54, 1.807) is 4.68 Å². The molecule has 1 aromatic carbocycles. The lowest BCUT2D eigenvalue weighted by Gasteiger charge is -2.07. The third-order valence-electron chi connectivity index (χ3n) is 4.08. The Hall–Kier alpha value is -2.40. The molecule has 0 unspecified atom stereocenters. The molecular formula is C17H20N4O. The fourth-order valence-corrected chi connectivity index (χ4v) is 2.72. The maximum atomic E-state index is 9.14. The number of fused-ring (bicyclic) bond motifs is 1. The second kappa shape index (κ2) is 5.77. The van der Waals surface area contributed by atoms with E-state index in [1.807, 2.05) is 44.2 Å². The number of benzene rings is 1. The summed E-state index contributed by atoms with van der Waals surface area (Å²) in [5, 5.41) is 10.1. The molecule has 0 saturated heterocycles. The van der Waals surface area contributed by atoms with Gasteiger partial charge in [0.2, 0.25) is 0 Å². The number of aryl methyl sites for hydroxylation is 2. The largest absolute Gasteiger partial charge is 0.396 e. The van der Waals surface area contributed by atoms with E-state index in [1.165, 1.54) is 0 Å². The van der Waals surface area contributed by atoms with Crippen LogP contribution in [-0.4, -0.2) is 26.4 Å². The first kappa shape index (κ1) is 14.5. The summed E-state index contributed by atoms with van der Waals surface area (Å²) in [5.41, 5.74) is 4.75. The fourth-order valence-electron chi connectivity index (χ4n) is 2.72. The first-order valence-corrected chi connectivity index (χ1v) is 7.43. The Labute approximate surface area is 129 Å². The minimum atomic E-state index is 0.146. The predicted molar refractivity (Wildman–Crippen MR) is 88.0 cm³/mol. The van der Waals surface area contributed by atoms with Crippen LogP contribution in [0, 0.1) is 13.8 Å². The predicted octanol–water partition coefficient (Wildman–Crippen LogP) is 2.35. The summed E-state index contributed by atoms with van der Waals surface area (Å²) in [5.74, 6) is 6.83. The molecule has 3 rings (SSSR count). The number of nitrogens with zero attached hydrogens (tertiary/aromatic N) is 3. The van der Waals surface area contributed by atoms with Gasteiger partial charge in [0.15, 0.2) is 11.5 Å². The second-order valence-electron chi connectivity index (χ2n) is 5.47. The van der Waals surface area contributed by atoms with E-state index < -0.39 is 0 Å². The van der Waals surface area contributed by atoms with Crippen LogP contribution in [0.15, 0.2) is 30.3 Å². The van der Waals surface area contributed by atoms with Crippen LogP contribution in [0.1, 0.15) is 23.4 Å². The molecule has 0 atom stereocenters. The van der Waals surface area contributed by atoms with Gasteiger partial charge in [-0.05, 0) is 32.3 Å². The monoisotopic (exact) mass is 296 g/mol. The smallest absolute Gasteiger partial charge is 0.163 e. The van der Waals surface area contributed by atoms with Crippen molar-refractivity contribution in [3.05, 3.63) is 47.3 Å². The number of hydrogen-bond donors (Lipinski definition) is 2. The first-order valence-electron chi connectivity index (χ1n) is 7.43. The van der Waals surface area contributed by atoms with Crippen LogP contribution in [0.2, 0.25) is 0 Å². The van der Waals surface area contributed by atoms with Crippen molar-refractivity contribution in [2.45, 2.75) is 26.7 Å². The quantitative estimate of drug-likeness (QED) is 0.725. The average Bonchev–Trinajstić information content (AvgIpc) is 2.78. The SMILES string of the molecule is Cc1c(C)n(N)c2nc(-c3ccccc3)nc(CCCO)c12. The summed E-state index contributed by atoms with van der Waals surface area (Å²) in [6, 6.07) is 9.87. The fraction of sp³-hybridized carbons (Fsp3) is 0.294. The van der Waals surface area contributed by atoms with E-state index >= 15 is 0 Å². The van der Waals surface area contributed by atoms with Gasteiger partial charge in [0.1, 0.15) is 0 Å². The first-order chi connectivity index (χ1) is 10.6. The van der Waals surface area contributed by atoms with Crippen LogP contribution in [-0.2, 0) is 6.42 Å². The highest BCUT2D eigenvalue weighted by Gasteiger charge is 2.17. The van der Waals surface area contributed by atoms with E-state index in [2.05, 4.69) is 4.98 Å². The molecule has 0 fully saturated rings. The van der Waals surface area contributed by atoms with Crippen LogP contribution in [0.5, 0.6) is 0 Å². The van der Waals surface area contributed by atoms with Crippen molar-refractivity contribution in [2.75, 3.05) is 12.4 Å². The zero-order valence-corrected chi connectivity index (χ0v) is 12.9. The lowest BCUT2D eigenvalue weighted by Crippen LogP contribution is -2.11. The van der Waals surface area contributed by atoms with Crippen molar-refractivity contribution in [3.63, 3.8) is 0 Å². The van der Waals surface area contributed by atoms with E-state index in [-0.39, 0.29) is 6.61 Å². The molecule has 5 nitrogen and oxygen atoms in total. The van der Waals surface area contributed by atoms with Crippen molar-refractivity contribution in [2.24, 2.45) is 0 Å². The molecule has 0 aliphatic rings. The lowest BCUT2D eigenvalue weighted by atomic mass is 10.1. The van der Waals surface area contributed by atoms with E-state index in [9.17, 15) is 0 Å². The Morgan fingerprint density at radius 3 is 2.55 bits per heavy atom. The maximum Gasteiger partial charge on any atom is 0.163 e. The summed E-state index contributed by atoms with van der Waals surface area (Å²) in [6.45, 7) is 4.16. The van der Waals surface area contributed by atoms with Gasteiger partial charge in [0.05, 0.1) is 5.69 Å². The average molecular weight is 296 g/mol. The summed E-state index contributed by atoms with van der Waals surface area (Å²) >= 11 is 0. The zero-order chi connectivity index (χ0) is 15.7. The summed E-state index contributed by atoms with van der Waals surface area (Å²) < 4.78 is 1.63. The topological polar surface area (TPSA) is 77.0 Å². The molecule has 0 saturated carbocycles. The van der Waals surface area contributed by atoms with Crippen LogP contribution >= 0.6 is 0 Å². The minimum absolute atomic E-state index is 0.146. The van der Waals surface area contributed by atoms with Gasteiger partial charge >= 0.3 is 0 Å². The molecule has 0 aliphatic heterocycles. The zero-order valence-electron chi connectivity index (χ0n) is 12.9. The molecule has 0 aliphatic carbocycles. The van der Waals surface area contributed by atoms with Crippen LogP contribution in [0.25, 0.3) is 22.4 Å². The van der Waals surface area contributed by atoms with E-state index in [0.717, 1.165) is 33.5 Å². The van der Waals surface area contributed by atoms with Gasteiger partial charge in [-0.1, -0.05) is 30.3 Å². The number of aliphatic hydroxyl groups is 1. The normalized spacial score (nSPS) is 11.2. The van der Waals surface area contributed by atoms with Crippen molar-refractivity contribution < 1.29 is 5.11 Å². The Balaban J connectivity index is 2.26. The minimum Gasteiger partial charge on any atom is -0.396 e. The van der Waals surface area contributed by atoms with Crippen molar-refractivity contribution in [1.82, 2.24) is 14.6 Å². The Bertz CT molecular complexity index is 809. The highest BCUT2D eigenvalue weighted by atomic mass is 16.2. The van der Waals surface area contributed by atoms with Crippen LogP contribution in [0.3, 0.4) is 0 Å². The van der Waals surface area contributed by atoms with Crippen molar-refractivity contribution in [1.29, 1.82) is 0 Å². The molecular weight excluding hydrogens is 276 g/mol. The van der Waals surface area contributed by atoms with Gasteiger partial charge in [-0.3, -0.25) is 0 Å². The van der Waals surface area contributed by atoms with Crippen molar-refractivity contribution >= 4 is 11.0 Å². The lowest BCUT2D eigenvalue weighted by molar-refractivity contribution is 0.288. The van der Waals surface area contributed by atoms with Gasteiger partial charge < -0.3 is 10.9 Å². The number of rotatable bonds is 4. The second-order valence-corrected chi connectivity index (χ2v) is 5.47. The molecule has 0 amide bonds. The molecule has 114 valence electrons. The molecule has 22 heavy (non-hydrogen) atoms. The summed E-state index contributed by atoms with van der Waals surface area (Å²) in [4.78, 5) is 9.39. The van der Waals surface area contributed by atoms with E-state index in [0.29, 0.717) is 18.7 Å². The third-order valence-corrected chi connectivity index (χ3v) is 4.08. The number of aromatic nitrogens is 3. The van der Waals surface area contributed by atoms with Crippen LogP contribution < -0.4 is 5.84 Å². The molecule has 3 N–H and O–H groups in total. The Kier molecular flexibility index (Phi) is 3.81. The van der Waals surface area contributed by atoms with Gasteiger partial charge in [0, 0.05) is 23.3 Å². The molecule has 5 heteroatoms. The summed E-state index contributed by atoms with van der Waals surface area (Å²) in [6.07, 6.45) is 1.38. The molecule has 2 heterocycles. The van der Waals surface area contributed by atoms with Crippen LogP contribution in [0.4, 0.5) is 0 Å². The number of aliphatic hydroxyl groups excluding tert-OH is 1. The molecule has 0 bridgehead atoms. The summed E-state index contributed by atoms with van der Waals surface area (Å²) in [7, 11) is 0. The third kappa shape index (κ3) is 2.33. The Morgan fingerprint density at radius 2 is 1.86 bits per heavy atom. The number of nitrogens with two attached hydrogens (primary N) is 1. The van der Waals surface area contributed by atoms with Gasteiger partial charge in [-0.2, -0.15) is 0 Å². The highest BCUT2D eigenvalue weighted by molar-refractivity contribution is 5.86. The van der Waals surface area contributed by atoms with Gasteiger partial charge in [0.25, 0.3) is 0 Å². The molecule has 3 aromatic rings. The standard InChI is InChI=1S/C17H20N4O/c1-11-12(2)21(18)17-15(11)14(9-6-10-22)19-16(20-17)13-7-4-3-5-8-13/h3-5,7-8,22H,6,9-10,18H2,1-2H3. The van der Waals surface area contributed by atoms with E-state index in [4.69, 9.17) is 15.9 Å².